The third-order valence-corrected chi connectivity index (χ3v) is 8.17. The monoisotopic (exact) mass is 556 g/mol. The fraction of sp³-hybridized carbons (Fsp3) is 0.387. The van der Waals surface area contributed by atoms with Crippen molar-refractivity contribution < 1.29 is 18.3 Å². The van der Waals surface area contributed by atoms with Crippen LogP contribution >= 0.6 is 0 Å². The largest absolute Gasteiger partial charge is 0.474 e. The molecule has 2 aromatic heterocycles. The van der Waals surface area contributed by atoms with Gasteiger partial charge in [0.1, 0.15) is 24.1 Å². The van der Waals surface area contributed by atoms with Gasteiger partial charge in [-0.05, 0) is 62.1 Å². The molecule has 8 nitrogen and oxygen atoms in total. The summed E-state index contributed by atoms with van der Waals surface area (Å²) >= 11 is 0. The summed E-state index contributed by atoms with van der Waals surface area (Å²) in [5.41, 5.74) is 1.55. The molecule has 3 atom stereocenters. The van der Waals surface area contributed by atoms with E-state index in [1.165, 1.54) is 12.3 Å². The van der Waals surface area contributed by atoms with Gasteiger partial charge >= 0.3 is 0 Å². The van der Waals surface area contributed by atoms with Crippen LogP contribution < -0.4 is 9.64 Å². The second-order valence-corrected chi connectivity index (χ2v) is 10.6. The maximum absolute atomic E-state index is 14.3. The number of hydrogen-bond acceptors (Lipinski definition) is 7. The highest BCUT2D eigenvalue weighted by molar-refractivity contribution is 5.79. The van der Waals surface area contributed by atoms with E-state index in [-0.39, 0.29) is 29.8 Å². The molecule has 0 bridgehead atoms. The van der Waals surface area contributed by atoms with Crippen LogP contribution in [0.25, 0.3) is 0 Å². The number of halogens is 2. The quantitative estimate of drug-likeness (QED) is 0.429. The van der Waals surface area contributed by atoms with Crippen molar-refractivity contribution >= 4 is 11.7 Å². The van der Waals surface area contributed by atoms with Crippen molar-refractivity contribution in [3.8, 4) is 18.0 Å². The van der Waals surface area contributed by atoms with Gasteiger partial charge in [-0.25, -0.2) is 18.7 Å². The number of benzene rings is 1. The molecule has 2 aliphatic heterocycles. The fourth-order valence-corrected chi connectivity index (χ4v) is 5.87. The summed E-state index contributed by atoms with van der Waals surface area (Å²) in [4.78, 5) is 26.2. The van der Waals surface area contributed by atoms with E-state index in [9.17, 15) is 13.6 Å². The van der Waals surface area contributed by atoms with Crippen LogP contribution in [0.3, 0.4) is 0 Å². The van der Waals surface area contributed by atoms with E-state index in [1.807, 2.05) is 24.0 Å². The van der Waals surface area contributed by atoms with Crippen LogP contribution in [0.15, 0.2) is 54.9 Å². The SMILES string of the molecule is CC(Oc1ccc(C#N)cn1)[C@H]1CCN(C(=O)C2CCN(c3ccc(C#N)cn3)CC2)C[C@@H]1c1ccc(F)c(F)c1. The summed E-state index contributed by atoms with van der Waals surface area (Å²) in [5.74, 6) is -1.07. The third-order valence-electron chi connectivity index (χ3n) is 8.17. The van der Waals surface area contributed by atoms with Crippen LogP contribution in [0.4, 0.5) is 14.6 Å². The second-order valence-electron chi connectivity index (χ2n) is 10.6. The lowest BCUT2D eigenvalue weighted by molar-refractivity contribution is -0.138. The molecule has 0 aliphatic carbocycles. The number of aromatic nitrogens is 2. The molecule has 0 saturated carbocycles. The maximum atomic E-state index is 14.3. The minimum absolute atomic E-state index is 0.0748. The van der Waals surface area contributed by atoms with Crippen molar-refractivity contribution in [2.45, 2.75) is 38.2 Å². The lowest BCUT2D eigenvalue weighted by Crippen LogP contribution is -2.49. The van der Waals surface area contributed by atoms with E-state index in [1.54, 1.807) is 30.5 Å². The van der Waals surface area contributed by atoms with E-state index >= 15 is 0 Å². The molecule has 41 heavy (non-hydrogen) atoms. The van der Waals surface area contributed by atoms with Gasteiger partial charge in [0.15, 0.2) is 11.6 Å². The number of anilines is 1. The van der Waals surface area contributed by atoms with Gasteiger partial charge in [0, 0.05) is 62.4 Å². The Balaban J connectivity index is 1.28. The van der Waals surface area contributed by atoms with Crippen molar-refractivity contribution in [2.75, 3.05) is 31.1 Å². The molecule has 1 aromatic carbocycles. The molecule has 1 amide bonds. The number of nitriles is 2. The van der Waals surface area contributed by atoms with E-state index in [4.69, 9.17) is 15.3 Å². The Kier molecular flexibility index (Phi) is 8.39. The molecule has 1 unspecified atom stereocenters. The summed E-state index contributed by atoms with van der Waals surface area (Å²) in [6.07, 6.45) is 4.66. The smallest absolute Gasteiger partial charge is 0.225 e. The zero-order chi connectivity index (χ0) is 28.9. The number of rotatable bonds is 6. The number of amides is 1. The molecule has 2 aliphatic rings. The van der Waals surface area contributed by atoms with Crippen LogP contribution in [-0.2, 0) is 4.79 Å². The Morgan fingerprint density at radius 3 is 2.27 bits per heavy atom. The van der Waals surface area contributed by atoms with Crippen LogP contribution in [0, 0.1) is 46.1 Å². The summed E-state index contributed by atoms with van der Waals surface area (Å²) < 4.78 is 34.2. The normalized spacial score (nSPS) is 20.1. The molecular weight excluding hydrogens is 526 g/mol. The molecule has 2 fully saturated rings. The van der Waals surface area contributed by atoms with Crippen LogP contribution in [0.5, 0.6) is 5.88 Å². The summed E-state index contributed by atoms with van der Waals surface area (Å²) in [6.45, 7) is 4.19. The van der Waals surface area contributed by atoms with E-state index in [2.05, 4.69) is 20.9 Å². The van der Waals surface area contributed by atoms with Crippen molar-refractivity contribution in [3.63, 3.8) is 0 Å². The number of piperidine rings is 2. The average molecular weight is 557 g/mol. The number of carbonyl (C=O) groups is 1. The standard InChI is InChI=1S/C31H30F2N6O2/c1-20(41-30-7-3-22(16-35)18-37-30)25-10-13-39(19-26(25)24-4-5-27(32)28(33)14-24)31(40)23-8-11-38(12-9-23)29-6-2-21(15-34)17-36-29/h2-7,14,17-18,20,23,25-26H,8-13,19H2,1H3/t20?,25-,26-/m1/s1. The first-order chi connectivity index (χ1) is 19.9. The number of likely N-dealkylation sites (tertiary alicyclic amines) is 1. The molecule has 3 aromatic rings. The number of carbonyl (C=O) groups excluding carboxylic acids is 1. The number of nitrogens with zero attached hydrogens (tertiary/aromatic N) is 6. The second kappa shape index (κ2) is 12.3. The first kappa shape index (κ1) is 28.0. The summed E-state index contributed by atoms with van der Waals surface area (Å²) in [6, 6.07) is 14.9. The number of ether oxygens (including phenoxy) is 1. The van der Waals surface area contributed by atoms with Gasteiger partial charge in [-0.1, -0.05) is 6.07 Å². The minimum Gasteiger partial charge on any atom is -0.474 e. The minimum atomic E-state index is -0.921. The van der Waals surface area contributed by atoms with Crippen molar-refractivity contribution in [3.05, 3.63) is 83.2 Å². The predicted octanol–water partition coefficient (Wildman–Crippen LogP) is 4.81. The van der Waals surface area contributed by atoms with Crippen molar-refractivity contribution in [2.24, 2.45) is 11.8 Å². The molecule has 2 saturated heterocycles. The molecule has 0 radical (unpaired) electrons. The molecule has 5 rings (SSSR count). The molecule has 10 heteroatoms. The highest BCUT2D eigenvalue weighted by Gasteiger charge is 2.39. The first-order valence-electron chi connectivity index (χ1n) is 13.7. The van der Waals surface area contributed by atoms with Crippen molar-refractivity contribution in [1.29, 1.82) is 10.5 Å². The highest BCUT2D eigenvalue weighted by atomic mass is 19.2. The van der Waals surface area contributed by atoms with E-state index < -0.39 is 11.6 Å². The Bertz CT molecular complexity index is 1460. The maximum Gasteiger partial charge on any atom is 0.225 e. The molecule has 0 spiro atoms. The van der Waals surface area contributed by atoms with E-state index in [0.29, 0.717) is 68.0 Å². The van der Waals surface area contributed by atoms with E-state index in [0.717, 1.165) is 11.9 Å². The van der Waals surface area contributed by atoms with Crippen molar-refractivity contribution in [1.82, 2.24) is 14.9 Å². The van der Waals surface area contributed by atoms with Gasteiger partial charge in [0.05, 0.1) is 11.1 Å². The number of pyridine rings is 2. The molecular formula is C31H30F2N6O2. The first-order valence-corrected chi connectivity index (χ1v) is 13.7. The zero-order valence-corrected chi connectivity index (χ0v) is 22.7. The Hall–Kier alpha value is -4.57. The Morgan fingerprint density at radius 2 is 1.66 bits per heavy atom. The van der Waals surface area contributed by atoms with Gasteiger partial charge in [0.2, 0.25) is 11.8 Å². The molecule has 0 N–H and O–H groups in total. The molecule has 4 heterocycles. The summed E-state index contributed by atoms with van der Waals surface area (Å²) in [7, 11) is 0. The topological polar surface area (TPSA) is 106 Å². The number of hydrogen-bond donors (Lipinski definition) is 0. The molecule has 210 valence electrons. The van der Waals surface area contributed by atoms with Crippen LogP contribution in [-0.4, -0.2) is 53.1 Å². The highest BCUT2D eigenvalue weighted by Crippen LogP contribution is 2.38. The fourth-order valence-electron chi connectivity index (χ4n) is 5.87. The predicted molar refractivity (Wildman–Crippen MR) is 147 cm³/mol. The third kappa shape index (κ3) is 6.28. The van der Waals surface area contributed by atoms with Gasteiger partial charge in [-0.3, -0.25) is 4.79 Å². The van der Waals surface area contributed by atoms with Crippen LogP contribution in [0.1, 0.15) is 48.8 Å². The van der Waals surface area contributed by atoms with Gasteiger partial charge in [-0.15, -0.1) is 0 Å². The Morgan fingerprint density at radius 1 is 0.951 bits per heavy atom. The summed E-state index contributed by atoms with van der Waals surface area (Å²) in [5, 5.41) is 18.0. The van der Waals surface area contributed by atoms with Gasteiger partial charge in [0.25, 0.3) is 0 Å². The van der Waals surface area contributed by atoms with Gasteiger partial charge < -0.3 is 14.5 Å². The lowest BCUT2D eigenvalue weighted by Gasteiger charge is -2.43. The zero-order valence-electron chi connectivity index (χ0n) is 22.7. The average Bonchev–Trinajstić information content (AvgIpc) is 3.02. The Labute approximate surface area is 237 Å². The van der Waals surface area contributed by atoms with Crippen LogP contribution in [0.2, 0.25) is 0 Å². The lowest BCUT2D eigenvalue weighted by atomic mass is 9.77. The van der Waals surface area contributed by atoms with Gasteiger partial charge in [-0.2, -0.15) is 10.5 Å².